The van der Waals surface area contributed by atoms with Crippen LogP contribution in [0.25, 0.3) is 28.3 Å². The zero-order valence-electron chi connectivity index (χ0n) is 17.1. The minimum Gasteiger partial charge on any atom is -0.240 e. The minimum absolute atomic E-state index is 0.00769. The second kappa shape index (κ2) is 7.90. The molecule has 0 saturated carbocycles. The molecule has 4 rings (SSSR count). The normalized spacial score (nSPS) is 11.8. The summed E-state index contributed by atoms with van der Waals surface area (Å²) in [6.45, 7) is 5.80. The summed E-state index contributed by atoms with van der Waals surface area (Å²) in [6, 6.07) is 12.6. The second-order valence-electron chi connectivity index (χ2n) is 7.47. The van der Waals surface area contributed by atoms with E-state index in [1.54, 1.807) is 12.3 Å². The Kier molecular flexibility index (Phi) is 5.26. The average Bonchev–Trinajstić information content (AvgIpc) is 3.23. The summed E-state index contributed by atoms with van der Waals surface area (Å²) in [6.07, 6.45) is -2.90. The molecule has 0 bridgehead atoms. The lowest BCUT2D eigenvalue weighted by Crippen LogP contribution is -2.07. The molecule has 2 aromatic heterocycles. The first-order chi connectivity index (χ1) is 14.7. The van der Waals surface area contributed by atoms with Crippen LogP contribution in [0.15, 0.2) is 54.7 Å². The molecular weight excluding hydrogens is 405 g/mol. The van der Waals surface area contributed by atoms with Crippen molar-refractivity contribution >= 4 is 0 Å². The van der Waals surface area contributed by atoms with Crippen LogP contribution in [-0.4, -0.2) is 30.2 Å². The third-order valence-electron chi connectivity index (χ3n) is 4.78. The van der Waals surface area contributed by atoms with Gasteiger partial charge in [-0.15, -0.1) is 5.10 Å². The number of tetrazole rings is 1. The predicted molar refractivity (Wildman–Crippen MR) is 109 cm³/mol. The Morgan fingerprint density at radius 1 is 1.00 bits per heavy atom. The van der Waals surface area contributed by atoms with Gasteiger partial charge in [0.15, 0.2) is 5.82 Å². The van der Waals surface area contributed by atoms with E-state index in [0.717, 1.165) is 17.7 Å². The van der Waals surface area contributed by atoms with Gasteiger partial charge in [0.25, 0.3) is 0 Å². The van der Waals surface area contributed by atoms with Gasteiger partial charge in [0.2, 0.25) is 0 Å². The van der Waals surface area contributed by atoms with E-state index in [1.807, 2.05) is 45.0 Å². The van der Waals surface area contributed by atoms with Gasteiger partial charge in [-0.05, 0) is 41.6 Å². The highest BCUT2D eigenvalue weighted by atomic mass is 19.4. The number of nitrogens with zero attached hydrogens (tertiary/aromatic N) is 6. The van der Waals surface area contributed by atoms with E-state index >= 15 is 0 Å². The van der Waals surface area contributed by atoms with Gasteiger partial charge in [0, 0.05) is 17.7 Å². The number of aromatic nitrogens is 6. The van der Waals surface area contributed by atoms with Gasteiger partial charge < -0.3 is 0 Å². The van der Waals surface area contributed by atoms with Crippen LogP contribution in [0, 0.1) is 6.92 Å². The molecule has 6 nitrogen and oxygen atoms in total. The van der Waals surface area contributed by atoms with E-state index < -0.39 is 11.7 Å². The number of aryl methyl sites for hydroxylation is 1. The van der Waals surface area contributed by atoms with Crippen LogP contribution in [0.3, 0.4) is 0 Å². The fraction of sp³-hybridized carbons (Fsp3) is 0.227. The maximum atomic E-state index is 13.3. The molecule has 0 N–H and O–H groups in total. The fourth-order valence-electron chi connectivity index (χ4n) is 3.12. The van der Waals surface area contributed by atoms with Gasteiger partial charge in [-0.25, -0.2) is 9.97 Å². The molecule has 9 heteroatoms. The molecule has 0 fully saturated rings. The molecule has 158 valence electrons. The highest BCUT2D eigenvalue weighted by Gasteiger charge is 2.31. The topological polar surface area (TPSA) is 69.4 Å². The van der Waals surface area contributed by atoms with Gasteiger partial charge in [0.1, 0.15) is 5.82 Å². The molecule has 4 aromatic rings. The number of halogens is 3. The molecule has 2 heterocycles. The highest BCUT2D eigenvalue weighted by molar-refractivity contribution is 5.77. The number of benzene rings is 2. The molecule has 0 aliphatic rings. The fourth-order valence-corrected chi connectivity index (χ4v) is 3.12. The van der Waals surface area contributed by atoms with Crippen molar-refractivity contribution in [2.75, 3.05) is 0 Å². The Hall–Kier alpha value is -3.62. The summed E-state index contributed by atoms with van der Waals surface area (Å²) in [7, 11) is 0. The van der Waals surface area contributed by atoms with Crippen molar-refractivity contribution in [3.63, 3.8) is 0 Å². The van der Waals surface area contributed by atoms with Crippen molar-refractivity contribution < 1.29 is 13.2 Å². The monoisotopic (exact) mass is 424 g/mol. The van der Waals surface area contributed by atoms with Crippen LogP contribution in [-0.2, 0) is 6.18 Å². The zero-order chi connectivity index (χ0) is 22.2. The lowest BCUT2D eigenvalue weighted by atomic mass is 10.0. The third kappa shape index (κ3) is 4.16. The molecule has 0 saturated heterocycles. The van der Waals surface area contributed by atoms with E-state index in [4.69, 9.17) is 0 Å². The summed E-state index contributed by atoms with van der Waals surface area (Å²) in [5.74, 6) is 0.851. The Balaban J connectivity index is 1.92. The van der Waals surface area contributed by atoms with Gasteiger partial charge in [0.05, 0.1) is 22.5 Å². The van der Waals surface area contributed by atoms with Crippen molar-refractivity contribution in [3.05, 3.63) is 71.7 Å². The van der Waals surface area contributed by atoms with Crippen molar-refractivity contribution in [1.29, 1.82) is 0 Å². The standard InChI is InChI=1S/C22H19F3N6/c1-13(2)20-26-12-18(19(27-20)15-5-4-6-16(11-15)22(23,24)25)21-28-29-30-31(21)17-9-7-14(3)8-10-17/h4-13H,1-3H3. The Morgan fingerprint density at radius 3 is 2.42 bits per heavy atom. The van der Waals surface area contributed by atoms with Crippen LogP contribution >= 0.6 is 0 Å². The molecule has 0 atom stereocenters. The van der Waals surface area contributed by atoms with Gasteiger partial charge >= 0.3 is 6.18 Å². The average molecular weight is 424 g/mol. The first kappa shape index (κ1) is 20.6. The minimum atomic E-state index is -4.46. The molecular formula is C22H19F3N6. The molecule has 0 amide bonds. The number of rotatable bonds is 4. The van der Waals surface area contributed by atoms with Crippen molar-refractivity contribution in [3.8, 4) is 28.3 Å². The molecule has 0 unspecified atom stereocenters. The third-order valence-corrected chi connectivity index (χ3v) is 4.78. The van der Waals surface area contributed by atoms with Gasteiger partial charge in [-0.2, -0.15) is 17.9 Å². The van der Waals surface area contributed by atoms with E-state index in [9.17, 15) is 13.2 Å². The van der Waals surface area contributed by atoms with Crippen molar-refractivity contribution in [1.82, 2.24) is 30.2 Å². The van der Waals surface area contributed by atoms with Crippen LogP contribution in [0.2, 0.25) is 0 Å². The SMILES string of the molecule is Cc1ccc(-n2nnnc2-c2cnc(C(C)C)nc2-c2cccc(C(F)(F)F)c2)cc1. The smallest absolute Gasteiger partial charge is 0.240 e. The summed E-state index contributed by atoms with van der Waals surface area (Å²) in [4.78, 5) is 8.98. The zero-order valence-corrected chi connectivity index (χ0v) is 17.1. The lowest BCUT2D eigenvalue weighted by molar-refractivity contribution is -0.137. The molecule has 0 radical (unpaired) electrons. The molecule has 31 heavy (non-hydrogen) atoms. The second-order valence-corrected chi connectivity index (χ2v) is 7.47. The highest BCUT2D eigenvalue weighted by Crippen LogP contribution is 2.35. The van der Waals surface area contributed by atoms with Gasteiger partial charge in [-0.3, -0.25) is 0 Å². The van der Waals surface area contributed by atoms with Crippen molar-refractivity contribution in [2.24, 2.45) is 0 Å². The Labute approximate surface area is 176 Å². The van der Waals surface area contributed by atoms with Gasteiger partial charge in [-0.1, -0.05) is 43.7 Å². The van der Waals surface area contributed by atoms with E-state index in [2.05, 4.69) is 25.5 Å². The summed E-state index contributed by atoms with van der Waals surface area (Å²) in [5.41, 5.74) is 2.13. The summed E-state index contributed by atoms with van der Waals surface area (Å²) in [5, 5.41) is 12.0. The summed E-state index contributed by atoms with van der Waals surface area (Å²) < 4.78 is 41.5. The first-order valence-corrected chi connectivity index (χ1v) is 9.64. The molecule has 0 aliphatic carbocycles. The maximum absolute atomic E-state index is 13.3. The van der Waals surface area contributed by atoms with Crippen LogP contribution in [0.1, 0.15) is 36.7 Å². The molecule has 2 aromatic carbocycles. The van der Waals surface area contributed by atoms with Crippen LogP contribution in [0.5, 0.6) is 0 Å². The number of hydrogen-bond acceptors (Lipinski definition) is 5. The molecule has 0 aliphatic heterocycles. The largest absolute Gasteiger partial charge is 0.416 e. The maximum Gasteiger partial charge on any atom is 0.416 e. The number of hydrogen-bond donors (Lipinski definition) is 0. The first-order valence-electron chi connectivity index (χ1n) is 9.64. The van der Waals surface area contributed by atoms with E-state index in [1.165, 1.54) is 10.7 Å². The van der Waals surface area contributed by atoms with E-state index in [0.29, 0.717) is 34.2 Å². The lowest BCUT2D eigenvalue weighted by Gasteiger charge is -2.14. The summed E-state index contributed by atoms with van der Waals surface area (Å²) >= 11 is 0. The Bertz CT molecular complexity index is 1210. The van der Waals surface area contributed by atoms with E-state index in [-0.39, 0.29) is 5.92 Å². The van der Waals surface area contributed by atoms with Crippen LogP contribution in [0.4, 0.5) is 13.2 Å². The van der Waals surface area contributed by atoms with Crippen molar-refractivity contribution in [2.45, 2.75) is 32.9 Å². The van der Waals surface area contributed by atoms with Crippen LogP contribution < -0.4 is 0 Å². The Morgan fingerprint density at radius 2 is 1.74 bits per heavy atom. The number of alkyl halides is 3. The predicted octanol–water partition coefficient (Wildman–Crippen LogP) is 5.24. The quantitative estimate of drug-likeness (QED) is 0.448. The molecule has 0 spiro atoms.